The summed E-state index contributed by atoms with van der Waals surface area (Å²) in [4.78, 5) is 15.7. The first-order valence-corrected chi connectivity index (χ1v) is 6.23. The number of aryl methyl sites for hydroxylation is 1. The van der Waals surface area contributed by atoms with Crippen LogP contribution in [0.15, 0.2) is 22.1 Å². The van der Waals surface area contributed by atoms with Crippen LogP contribution in [0.2, 0.25) is 0 Å². The van der Waals surface area contributed by atoms with Crippen LogP contribution in [0.3, 0.4) is 0 Å². The van der Waals surface area contributed by atoms with Gasteiger partial charge in [-0.15, -0.1) is 11.3 Å². The highest BCUT2D eigenvalue weighted by Crippen LogP contribution is 2.23. The maximum absolute atomic E-state index is 11.5. The highest BCUT2D eigenvalue weighted by Gasteiger charge is 2.16. The minimum absolute atomic E-state index is 0.0727. The lowest BCUT2D eigenvalue weighted by Crippen LogP contribution is -2.01. The lowest BCUT2D eigenvalue weighted by molar-refractivity contribution is 0.0565. The van der Waals surface area contributed by atoms with E-state index in [1.807, 2.05) is 12.3 Å². The van der Waals surface area contributed by atoms with Crippen LogP contribution in [0.1, 0.15) is 26.8 Å². The maximum atomic E-state index is 11.5. The Labute approximate surface area is 113 Å². The van der Waals surface area contributed by atoms with Crippen molar-refractivity contribution in [1.82, 2.24) is 4.98 Å². The Morgan fingerprint density at radius 2 is 2.42 bits per heavy atom. The molecule has 0 atom stereocenters. The van der Waals surface area contributed by atoms with Gasteiger partial charge in [0.1, 0.15) is 11.1 Å². The number of nitriles is 1. The van der Waals surface area contributed by atoms with Crippen molar-refractivity contribution in [1.29, 1.82) is 5.26 Å². The van der Waals surface area contributed by atoms with Gasteiger partial charge < -0.3 is 9.15 Å². The summed E-state index contributed by atoms with van der Waals surface area (Å²) in [6, 6.07) is 3.67. The first-order chi connectivity index (χ1) is 9.15. The molecule has 0 radical (unpaired) electrons. The number of carbonyl (C=O) groups is 1. The summed E-state index contributed by atoms with van der Waals surface area (Å²) in [7, 11) is 1.27. The van der Waals surface area contributed by atoms with E-state index in [1.165, 1.54) is 24.7 Å². The predicted octanol–water partition coefficient (Wildman–Crippen LogP) is 2.90. The molecule has 2 aromatic rings. The van der Waals surface area contributed by atoms with Crippen LogP contribution in [0.4, 0.5) is 0 Å². The largest absolute Gasteiger partial charge is 0.463 e. The van der Waals surface area contributed by atoms with Gasteiger partial charge in [0.2, 0.25) is 5.76 Å². The van der Waals surface area contributed by atoms with Gasteiger partial charge in [0.15, 0.2) is 0 Å². The predicted molar refractivity (Wildman–Crippen MR) is 70.4 cm³/mol. The Balaban J connectivity index is 2.42. The number of hydrogen-bond donors (Lipinski definition) is 0. The molecule has 19 heavy (non-hydrogen) atoms. The van der Waals surface area contributed by atoms with Crippen molar-refractivity contribution >= 4 is 29.0 Å². The van der Waals surface area contributed by atoms with Gasteiger partial charge in [-0.3, -0.25) is 0 Å². The van der Waals surface area contributed by atoms with Crippen molar-refractivity contribution in [2.24, 2.45) is 0 Å². The van der Waals surface area contributed by atoms with Gasteiger partial charge in [-0.05, 0) is 19.1 Å². The fourth-order valence-corrected chi connectivity index (χ4v) is 2.23. The minimum atomic E-state index is -0.580. The van der Waals surface area contributed by atoms with E-state index >= 15 is 0 Å². The number of allylic oxidation sites excluding steroid dienone is 1. The zero-order chi connectivity index (χ0) is 13.8. The van der Waals surface area contributed by atoms with E-state index in [0.717, 1.165) is 5.69 Å². The van der Waals surface area contributed by atoms with Crippen LogP contribution in [0, 0.1) is 18.3 Å². The van der Waals surface area contributed by atoms with Crippen molar-refractivity contribution in [2.45, 2.75) is 6.92 Å². The number of esters is 1. The van der Waals surface area contributed by atoms with Crippen LogP contribution in [-0.4, -0.2) is 18.1 Å². The Morgan fingerprint density at radius 3 is 3.00 bits per heavy atom. The molecule has 2 rings (SSSR count). The molecule has 0 fully saturated rings. The molecule has 0 aliphatic heterocycles. The van der Waals surface area contributed by atoms with Crippen LogP contribution in [-0.2, 0) is 4.74 Å². The van der Waals surface area contributed by atoms with E-state index in [1.54, 1.807) is 12.1 Å². The van der Waals surface area contributed by atoms with E-state index < -0.39 is 5.97 Å². The molecule has 0 saturated heterocycles. The summed E-state index contributed by atoms with van der Waals surface area (Å²) < 4.78 is 9.66. The van der Waals surface area contributed by atoms with Gasteiger partial charge in [-0.2, -0.15) is 5.26 Å². The van der Waals surface area contributed by atoms with E-state index in [-0.39, 0.29) is 5.76 Å². The molecule has 2 aromatic heterocycles. The molecule has 96 valence electrons. The third kappa shape index (κ3) is 2.72. The van der Waals surface area contributed by atoms with Gasteiger partial charge in [0.25, 0.3) is 0 Å². The Kier molecular flexibility index (Phi) is 3.78. The smallest absolute Gasteiger partial charge is 0.374 e. The highest BCUT2D eigenvalue weighted by molar-refractivity contribution is 7.11. The van der Waals surface area contributed by atoms with E-state index in [4.69, 9.17) is 4.42 Å². The Bertz CT molecular complexity index is 676. The molecule has 6 heteroatoms. The Morgan fingerprint density at radius 1 is 1.63 bits per heavy atom. The first kappa shape index (κ1) is 13.1. The highest BCUT2D eigenvalue weighted by atomic mass is 32.1. The van der Waals surface area contributed by atoms with Gasteiger partial charge in [-0.25, -0.2) is 9.78 Å². The third-order valence-electron chi connectivity index (χ3n) is 2.34. The Hall–Kier alpha value is -2.39. The number of hydrogen-bond acceptors (Lipinski definition) is 6. The molecule has 0 N–H and O–H groups in total. The number of furan rings is 1. The van der Waals surface area contributed by atoms with E-state index in [0.29, 0.717) is 16.1 Å². The molecular formula is C13H10N2O3S. The molecule has 0 aromatic carbocycles. The van der Waals surface area contributed by atoms with Crippen molar-refractivity contribution < 1.29 is 13.9 Å². The van der Waals surface area contributed by atoms with Crippen molar-refractivity contribution in [3.63, 3.8) is 0 Å². The molecule has 0 spiro atoms. The molecule has 0 aliphatic carbocycles. The number of ether oxygens (including phenoxy) is 1. The van der Waals surface area contributed by atoms with Crippen LogP contribution in [0.25, 0.3) is 11.6 Å². The minimum Gasteiger partial charge on any atom is -0.463 e. The number of aromatic nitrogens is 1. The number of rotatable bonds is 3. The number of carbonyl (C=O) groups excluding carboxylic acids is 1. The van der Waals surface area contributed by atoms with Gasteiger partial charge in [0, 0.05) is 16.6 Å². The molecule has 0 aliphatic rings. The fourth-order valence-electron chi connectivity index (χ4n) is 1.47. The molecule has 0 saturated carbocycles. The molecule has 0 bridgehead atoms. The maximum Gasteiger partial charge on any atom is 0.374 e. The van der Waals surface area contributed by atoms with E-state index in [2.05, 4.69) is 15.8 Å². The average molecular weight is 274 g/mol. The third-order valence-corrected chi connectivity index (χ3v) is 3.33. The van der Waals surface area contributed by atoms with Crippen LogP contribution < -0.4 is 0 Å². The molecule has 0 amide bonds. The quantitative estimate of drug-likeness (QED) is 0.635. The van der Waals surface area contributed by atoms with Gasteiger partial charge in [-0.1, -0.05) is 0 Å². The van der Waals surface area contributed by atoms with Crippen molar-refractivity contribution in [3.05, 3.63) is 39.7 Å². The number of methoxy groups -OCH3 is 1. The second-order valence-corrected chi connectivity index (χ2v) is 4.52. The second kappa shape index (κ2) is 5.50. The summed E-state index contributed by atoms with van der Waals surface area (Å²) in [5.41, 5.74) is 1.72. The average Bonchev–Trinajstić information content (AvgIpc) is 3.03. The standard InChI is InChI=1S/C13H10N2O3S/c1-8-7-19-12(15-8)10(6-14)5-9-3-4-18-11(9)13(16)17-2/h3-5,7H,1-2H3/b10-5-. The van der Waals surface area contributed by atoms with Crippen molar-refractivity contribution in [3.8, 4) is 6.07 Å². The SMILES string of the molecule is COC(=O)c1occc1/C=C(/C#N)c1nc(C)cs1. The topological polar surface area (TPSA) is 76.1 Å². The lowest BCUT2D eigenvalue weighted by atomic mass is 10.1. The number of nitrogens with zero attached hydrogens (tertiary/aromatic N) is 2. The molecule has 0 unspecified atom stereocenters. The monoisotopic (exact) mass is 274 g/mol. The zero-order valence-corrected chi connectivity index (χ0v) is 11.2. The molecule has 2 heterocycles. The lowest BCUT2D eigenvalue weighted by Gasteiger charge is -1.97. The summed E-state index contributed by atoms with van der Waals surface area (Å²) in [6.07, 6.45) is 2.94. The van der Waals surface area contributed by atoms with Crippen molar-refractivity contribution in [2.75, 3.05) is 7.11 Å². The summed E-state index contributed by atoms with van der Waals surface area (Å²) in [6.45, 7) is 1.85. The van der Waals surface area contributed by atoms with Crippen LogP contribution in [0.5, 0.6) is 0 Å². The molecule has 5 nitrogen and oxygen atoms in total. The van der Waals surface area contributed by atoms with Gasteiger partial charge >= 0.3 is 5.97 Å². The second-order valence-electron chi connectivity index (χ2n) is 3.66. The summed E-state index contributed by atoms with van der Waals surface area (Å²) in [5.74, 6) is -0.507. The summed E-state index contributed by atoms with van der Waals surface area (Å²) >= 11 is 1.38. The normalized spacial score (nSPS) is 11.1. The number of thiazole rings is 1. The zero-order valence-electron chi connectivity index (χ0n) is 10.3. The van der Waals surface area contributed by atoms with Gasteiger partial charge in [0.05, 0.1) is 18.9 Å². The fraction of sp³-hybridized carbons (Fsp3) is 0.154. The molecular weight excluding hydrogens is 264 g/mol. The van der Waals surface area contributed by atoms with Crippen LogP contribution >= 0.6 is 11.3 Å². The van der Waals surface area contributed by atoms with E-state index in [9.17, 15) is 10.1 Å². The first-order valence-electron chi connectivity index (χ1n) is 5.36. The summed E-state index contributed by atoms with van der Waals surface area (Å²) in [5, 5.41) is 11.6.